The predicted octanol–water partition coefficient (Wildman–Crippen LogP) is 0.610. The highest BCUT2D eigenvalue weighted by Crippen LogP contribution is 2.10. The van der Waals surface area contributed by atoms with Gasteiger partial charge < -0.3 is 10.6 Å². The average Bonchev–Trinajstić information content (AvgIpc) is 2.54. The van der Waals surface area contributed by atoms with Gasteiger partial charge in [0.1, 0.15) is 5.82 Å². The van der Waals surface area contributed by atoms with Crippen LogP contribution in [-0.4, -0.2) is 40.5 Å². The number of carbonyl (C=O) groups is 1. The minimum absolute atomic E-state index is 0.00839. The van der Waals surface area contributed by atoms with Gasteiger partial charge in [-0.25, -0.2) is 17.5 Å². The Morgan fingerprint density at radius 1 is 1.30 bits per heavy atom. The summed E-state index contributed by atoms with van der Waals surface area (Å²) in [6.07, 6.45) is 2.27. The van der Waals surface area contributed by atoms with Crippen molar-refractivity contribution in [3.8, 4) is 0 Å². The molecule has 1 amide bonds. The van der Waals surface area contributed by atoms with E-state index >= 15 is 0 Å². The largest absolute Gasteiger partial charge is 0.356 e. The Morgan fingerprint density at radius 3 is 2.70 bits per heavy atom. The van der Waals surface area contributed by atoms with Crippen LogP contribution >= 0.6 is 0 Å². The van der Waals surface area contributed by atoms with E-state index in [0.29, 0.717) is 12.5 Å². The van der Waals surface area contributed by atoms with Crippen molar-refractivity contribution in [1.29, 1.82) is 0 Å². The molecule has 0 aromatic heterocycles. The summed E-state index contributed by atoms with van der Waals surface area (Å²) < 4.78 is 39.1. The molecule has 0 bridgehead atoms. The zero-order valence-electron chi connectivity index (χ0n) is 12.8. The monoisotopic (exact) mass is 343 g/mol. The minimum atomic E-state index is -3.71. The average molecular weight is 343 g/mol. The first-order valence-corrected chi connectivity index (χ1v) is 9.18. The molecule has 1 aromatic rings. The van der Waals surface area contributed by atoms with Crippen molar-refractivity contribution in [2.24, 2.45) is 5.92 Å². The van der Waals surface area contributed by atoms with E-state index in [1.807, 2.05) is 0 Å². The lowest BCUT2D eigenvalue weighted by atomic mass is 10.00. The number of rotatable bonds is 7. The summed E-state index contributed by atoms with van der Waals surface area (Å²) in [5, 5.41) is 6.10. The summed E-state index contributed by atoms with van der Waals surface area (Å²) in [4.78, 5) is 11.7. The Balaban J connectivity index is 1.70. The fraction of sp³-hybridized carbons (Fsp3) is 0.533. The summed E-state index contributed by atoms with van der Waals surface area (Å²) in [5.74, 6) is -0.249. The first-order chi connectivity index (χ1) is 11.0. The summed E-state index contributed by atoms with van der Waals surface area (Å²) in [6, 6.07) is 4.54. The highest BCUT2D eigenvalue weighted by Gasteiger charge is 2.16. The molecule has 23 heavy (non-hydrogen) atoms. The van der Waals surface area contributed by atoms with Gasteiger partial charge in [0.15, 0.2) is 0 Å². The van der Waals surface area contributed by atoms with E-state index in [9.17, 15) is 17.6 Å². The van der Waals surface area contributed by atoms with Gasteiger partial charge >= 0.3 is 0 Å². The normalized spacial score (nSPS) is 18.6. The molecule has 128 valence electrons. The smallest absolute Gasteiger partial charge is 0.240 e. The molecule has 0 spiro atoms. The zero-order chi connectivity index (χ0) is 16.7. The van der Waals surface area contributed by atoms with E-state index in [1.165, 1.54) is 12.1 Å². The van der Waals surface area contributed by atoms with Gasteiger partial charge in [-0.1, -0.05) is 0 Å². The van der Waals surface area contributed by atoms with E-state index in [0.717, 1.165) is 38.1 Å². The first kappa shape index (κ1) is 17.8. The van der Waals surface area contributed by atoms with Crippen LogP contribution in [0.5, 0.6) is 0 Å². The third-order valence-electron chi connectivity index (χ3n) is 3.75. The van der Waals surface area contributed by atoms with Gasteiger partial charge in [-0.05, 0) is 56.1 Å². The molecule has 1 atom stereocenters. The second-order valence-corrected chi connectivity index (χ2v) is 7.39. The van der Waals surface area contributed by atoms with Crippen LogP contribution in [0.3, 0.4) is 0 Å². The lowest BCUT2D eigenvalue weighted by Gasteiger charge is -2.22. The number of halogens is 1. The maximum atomic E-state index is 12.8. The molecule has 1 aromatic carbocycles. The summed E-state index contributed by atoms with van der Waals surface area (Å²) in [7, 11) is -3.71. The molecule has 8 heteroatoms. The predicted molar refractivity (Wildman–Crippen MR) is 84.8 cm³/mol. The Bertz CT molecular complexity index is 613. The van der Waals surface area contributed by atoms with Gasteiger partial charge in [0.2, 0.25) is 15.9 Å². The molecule has 1 saturated heterocycles. The van der Waals surface area contributed by atoms with Gasteiger partial charge in [0, 0.05) is 19.5 Å². The van der Waals surface area contributed by atoms with Crippen LogP contribution in [0.15, 0.2) is 29.2 Å². The quantitative estimate of drug-likeness (QED) is 0.677. The van der Waals surface area contributed by atoms with Gasteiger partial charge in [-0.2, -0.15) is 0 Å². The Morgan fingerprint density at radius 2 is 2.04 bits per heavy atom. The lowest BCUT2D eigenvalue weighted by molar-refractivity contribution is -0.121. The number of carbonyl (C=O) groups excluding carboxylic acids is 1. The van der Waals surface area contributed by atoms with Crippen LogP contribution in [0.25, 0.3) is 0 Å². The third kappa shape index (κ3) is 5.89. The summed E-state index contributed by atoms with van der Waals surface area (Å²) in [6.45, 7) is 2.54. The van der Waals surface area contributed by atoms with E-state index < -0.39 is 15.8 Å². The highest BCUT2D eigenvalue weighted by molar-refractivity contribution is 7.89. The Hall–Kier alpha value is -1.51. The van der Waals surface area contributed by atoms with Crippen molar-refractivity contribution in [2.45, 2.75) is 24.2 Å². The maximum absolute atomic E-state index is 12.8. The van der Waals surface area contributed by atoms with Crippen molar-refractivity contribution in [3.63, 3.8) is 0 Å². The van der Waals surface area contributed by atoms with Crippen LogP contribution in [0.4, 0.5) is 4.39 Å². The summed E-state index contributed by atoms with van der Waals surface area (Å²) in [5.41, 5.74) is 0. The molecule has 0 saturated carbocycles. The first-order valence-electron chi connectivity index (χ1n) is 7.70. The molecule has 1 aliphatic heterocycles. The SMILES string of the molecule is O=C(CCNS(=O)(=O)c1ccc(F)cc1)NCC1CCCNC1. The molecule has 2 rings (SSSR count). The fourth-order valence-electron chi connectivity index (χ4n) is 2.44. The van der Waals surface area contributed by atoms with Crippen LogP contribution < -0.4 is 15.4 Å². The number of hydrogen-bond acceptors (Lipinski definition) is 4. The molecule has 3 N–H and O–H groups in total. The lowest BCUT2D eigenvalue weighted by Crippen LogP contribution is -2.39. The molecule has 1 unspecified atom stereocenters. The molecule has 0 radical (unpaired) electrons. The molecular weight excluding hydrogens is 321 g/mol. The molecule has 1 fully saturated rings. The molecular formula is C15H22FN3O3S. The molecule has 1 aliphatic rings. The summed E-state index contributed by atoms with van der Waals surface area (Å²) >= 11 is 0. The number of amides is 1. The van der Waals surface area contributed by atoms with Crippen molar-refractivity contribution in [3.05, 3.63) is 30.1 Å². The highest BCUT2D eigenvalue weighted by atomic mass is 32.2. The number of hydrogen-bond donors (Lipinski definition) is 3. The van der Waals surface area contributed by atoms with E-state index in [2.05, 4.69) is 15.4 Å². The Kier molecular flexibility index (Phi) is 6.49. The van der Waals surface area contributed by atoms with E-state index in [4.69, 9.17) is 0 Å². The van der Waals surface area contributed by atoms with Crippen molar-refractivity contribution >= 4 is 15.9 Å². The van der Waals surface area contributed by atoms with Crippen molar-refractivity contribution < 1.29 is 17.6 Å². The second kappa shape index (κ2) is 8.37. The molecule has 1 heterocycles. The number of piperidine rings is 1. The van der Waals surface area contributed by atoms with Crippen LogP contribution in [0, 0.1) is 11.7 Å². The zero-order valence-corrected chi connectivity index (χ0v) is 13.7. The van der Waals surface area contributed by atoms with E-state index in [1.54, 1.807) is 0 Å². The van der Waals surface area contributed by atoms with Crippen LogP contribution in [0.2, 0.25) is 0 Å². The third-order valence-corrected chi connectivity index (χ3v) is 5.23. The number of sulfonamides is 1. The Labute approximate surface area is 135 Å². The van der Waals surface area contributed by atoms with Crippen LogP contribution in [0.1, 0.15) is 19.3 Å². The van der Waals surface area contributed by atoms with Crippen molar-refractivity contribution in [2.75, 3.05) is 26.2 Å². The number of nitrogens with one attached hydrogen (secondary N) is 3. The van der Waals surface area contributed by atoms with Gasteiger partial charge in [0.25, 0.3) is 0 Å². The van der Waals surface area contributed by atoms with Crippen molar-refractivity contribution in [1.82, 2.24) is 15.4 Å². The van der Waals surface area contributed by atoms with E-state index in [-0.39, 0.29) is 23.8 Å². The fourth-order valence-corrected chi connectivity index (χ4v) is 3.47. The minimum Gasteiger partial charge on any atom is -0.356 e. The molecule has 6 nitrogen and oxygen atoms in total. The second-order valence-electron chi connectivity index (χ2n) is 5.62. The topological polar surface area (TPSA) is 87.3 Å². The van der Waals surface area contributed by atoms with Gasteiger partial charge in [-0.15, -0.1) is 0 Å². The van der Waals surface area contributed by atoms with Gasteiger partial charge in [0.05, 0.1) is 4.90 Å². The maximum Gasteiger partial charge on any atom is 0.240 e. The number of benzene rings is 1. The standard InChI is InChI=1S/C15H22FN3O3S/c16-13-3-5-14(6-4-13)23(21,22)19-9-7-15(20)18-11-12-2-1-8-17-10-12/h3-6,12,17,19H,1-2,7-11H2,(H,18,20). The van der Waals surface area contributed by atoms with Gasteiger partial charge in [-0.3, -0.25) is 4.79 Å². The van der Waals surface area contributed by atoms with Crippen LogP contribution in [-0.2, 0) is 14.8 Å². The molecule has 0 aliphatic carbocycles.